The van der Waals surface area contributed by atoms with Gasteiger partial charge in [-0.3, -0.25) is 0 Å². The summed E-state index contributed by atoms with van der Waals surface area (Å²) in [5.74, 6) is 4.72. The highest BCUT2D eigenvalue weighted by Crippen LogP contribution is 2.19. The van der Waals surface area contributed by atoms with Gasteiger partial charge in [0.05, 0.1) is 7.11 Å². The average molecular weight is 267 g/mol. The Labute approximate surface area is 97.8 Å². The molecule has 0 saturated heterocycles. The molecule has 0 radical (unpaired) electrons. The second kappa shape index (κ2) is 4.99. The summed E-state index contributed by atoms with van der Waals surface area (Å²) in [5, 5.41) is 0. The van der Waals surface area contributed by atoms with E-state index < -0.39 is 5.97 Å². The van der Waals surface area contributed by atoms with Gasteiger partial charge in [-0.05, 0) is 37.1 Å². The van der Waals surface area contributed by atoms with Gasteiger partial charge in [0.2, 0.25) is 0 Å². The van der Waals surface area contributed by atoms with Crippen molar-refractivity contribution in [1.82, 2.24) is 0 Å². The Balaban J connectivity index is 3.14. The van der Waals surface area contributed by atoms with Gasteiger partial charge in [-0.25, -0.2) is 4.79 Å². The molecule has 1 aromatic carbocycles. The van der Waals surface area contributed by atoms with Crippen molar-refractivity contribution in [2.45, 2.75) is 13.8 Å². The largest absolute Gasteiger partial charge is 0.459 e. The first-order valence-corrected chi connectivity index (χ1v) is 5.20. The Morgan fingerprint density at radius 3 is 2.33 bits per heavy atom. The quantitative estimate of drug-likeness (QED) is 0.533. The lowest BCUT2D eigenvalue weighted by molar-refractivity contribution is -0.133. The van der Waals surface area contributed by atoms with Gasteiger partial charge in [0.1, 0.15) is 0 Å². The van der Waals surface area contributed by atoms with Gasteiger partial charge in [0, 0.05) is 16.0 Å². The molecule has 0 bridgehead atoms. The van der Waals surface area contributed by atoms with Gasteiger partial charge in [-0.1, -0.05) is 21.9 Å². The number of halogens is 1. The Morgan fingerprint density at radius 1 is 1.33 bits per heavy atom. The summed E-state index contributed by atoms with van der Waals surface area (Å²) < 4.78 is 5.47. The molecule has 0 saturated carbocycles. The van der Waals surface area contributed by atoms with Crippen LogP contribution in [0.4, 0.5) is 0 Å². The van der Waals surface area contributed by atoms with Crippen molar-refractivity contribution in [3.8, 4) is 11.8 Å². The van der Waals surface area contributed by atoms with E-state index in [1.54, 1.807) is 0 Å². The lowest BCUT2D eigenvalue weighted by Crippen LogP contribution is -1.95. The number of carbonyl (C=O) groups excluding carboxylic acids is 1. The molecule has 0 fully saturated rings. The fourth-order valence-corrected chi connectivity index (χ4v) is 1.96. The van der Waals surface area contributed by atoms with E-state index >= 15 is 0 Å². The van der Waals surface area contributed by atoms with Crippen LogP contribution in [0.15, 0.2) is 16.6 Å². The number of carbonyl (C=O) groups is 1. The van der Waals surface area contributed by atoms with E-state index in [-0.39, 0.29) is 0 Å². The highest BCUT2D eigenvalue weighted by molar-refractivity contribution is 9.10. The molecule has 0 aliphatic heterocycles. The molecule has 0 aromatic heterocycles. The van der Waals surface area contributed by atoms with Crippen molar-refractivity contribution in [2.75, 3.05) is 7.11 Å². The molecule has 0 N–H and O–H groups in total. The van der Waals surface area contributed by atoms with E-state index in [2.05, 4.69) is 32.5 Å². The lowest BCUT2D eigenvalue weighted by atomic mass is 10.0. The highest BCUT2D eigenvalue weighted by Gasteiger charge is 2.01. The molecule has 1 rings (SSSR count). The first kappa shape index (κ1) is 11.8. The van der Waals surface area contributed by atoms with Crippen molar-refractivity contribution < 1.29 is 9.53 Å². The third kappa shape index (κ3) is 3.10. The monoisotopic (exact) mass is 266 g/mol. The molecule has 15 heavy (non-hydrogen) atoms. The van der Waals surface area contributed by atoms with E-state index in [4.69, 9.17) is 0 Å². The van der Waals surface area contributed by atoms with E-state index in [0.29, 0.717) is 0 Å². The molecule has 0 amide bonds. The zero-order valence-corrected chi connectivity index (χ0v) is 10.4. The van der Waals surface area contributed by atoms with Crippen LogP contribution in [0.25, 0.3) is 0 Å². The van der Waals surface area contributed by atoms with Crippen LogP contribution in [0.3, 0.4) is 0 Å². The number of rotatable bonds is 0. The summed E-state index contributed by atoms with van der Waals surface area (Å²) in [7, 11) is 1.32. The van der Waals surface area contributed by atoms with E-state index in [1.807, 2.05) is 26.0 Å². The first-order chi connectivity index (χ1) is 7.04. The third-order valence-corrected chi connectivity index (χ3v) is 2.43. The Bertz CT molecular complexity index is 429. The van der Waals surface area contributed by atoms with Crippen molar-refractivity contribution in [1.29, 1.82) is 0 Å². The maximum atomic E-state index is 10.9. The van der Waals surface area contributed by atoms with Crippen LogP contribution in [0.2, 0.25) is 0 Å². The molecule has 2 nitrogen and oxygen atoms in total. The molecule has 0 aliphatic carbocycles. The van der Waals surface area contributed by atoms with Gasteiger partial charge in [-0.2, -0.15) is 0 Å². The molecule has 0 atom stereocenters. The molecular formula is C12H11BrO2. The number of benzene rings is 1. The molecule has 0 unspecified atom stereocenters. The molecule has 0 heterocycles. The van der Waals surface area contributed by atoms with Crippen LogP contribution < -0.4 is 0 Å². The number of methoxy groups -OCH3 is 1. The minimum atomic E-state index is -0.517. The summed E-state index contributed by atoms with van der Waals surface area (Å²) in [5.41, 5.74) is 2.96. The maximum absolute atomic E-state index is 10.9. The standard InChI is InChI=1S/C12H11BrO2/c1-8-6-10(13)7-9(2)11(8)4-5-12(14)15-3/h6-7H,1-3H3. The number of esters is 1. The molecular weight excluding hydrogens is 256 g/mol. The highest BCUT2D eigenvalue weighted by atomic mass is 79.9. The zero-order valence-electron chi connectivity index (χ0n) is 8.85. The molecule has 3 heteroatoms. The average Bonchev–Trinajstić information content (AvgIpc) is 2.15. The Hall–Kier alpha value is -1.27. The van der Waals surface area contributed by atoms with Crippen molar-refractivity contribution in [3.63, 3.8) is 0 Å². The van der Waals surface area contributed by atoms with Gasteiger partial charge in [0.15, 0.2) is 0 Å². The molecule has 0 aliphatic rings. The van der Waals surface area contributed by atoms with Gasteiger partial charge < -0.3 is 4.74 Å². The molecule has 0 spiro atoms. The van der Waals surface area contributed by atoms with Crippen LogP contribution in [0.1, 0.15) is 16.7 Å². The molecule has 78 valence electrons. The van der Waals surface area contributed by atoms with Gasteiger partial charge in [-0.15, -0.1) is 0 Å². The van der Waals surface area contributed by atoms with Crippen LogP contribution in [0, 0.1) is 25.7 Å². The number of aryl methyl sites for hydroxylation is 2. The third-order valence-electron chi connectivity index (χ3n) is 1.97. The van der Waals surface area contributed by atoms with E-state index in [9.17, 15) is 4.79 Å². The topological polar surface area (TPSA) is 26.3 Å². The van der Waals surface area contributed by atoms with E-state index in [0.717, 1.165) is 21.2 Å². The lowest BCUT2D eigenvalue weighted by Gasteiger charge is -2.03. The zero-order chi connectivity index (χ0) is 11.4. The van der Waals surface area contributed by atoms with E-state index in [1.165, 1.54) is 7.11 Å². The fourth-order valence-electron chi connectivity index (χ4n) is 1.27. The molecule has 1 aromatic rings. The predicted molar refractivity (Wildman–Crippen MR) is 62.5 cm³/mol. The van der Waals surface area contributed by atoms with Crippen molar-refractivity contribution >= 4 is 21.9 Å². The minimum absolute atomic E-state index is 0.517. The summed E-state index contributed by atoms with van der Waals surface area (Å²) >= 11 is 3.40. The van der Waals surface area contributed by atoms with Crippen LogP contribution in [-0.2, 0) is 9.53 Å². The normalized spacial score (nSPS) is 9.07. The first-order valence-electron chi connectivity index (χ1n) is 4.41. The smallest absolute Gasteiger partial charge is 0.384 e. The van der Waals surface area contributed by atoms with Crippen molar-refractivity contribution in [2.24, 2.45) is 0 Å². The summed E-state index contributed by atoms with van der Waals surface area (Å²) in [6.07, 6.45) is 0. The van der Waals surface area contributed by atoms with Gasteiger partial charge >= 0.3 is 5.97 Å². The SMILES string of the molecule is COC(=O)C#Cc1c(C)cc(Br)cc1C. The van der Waals surface area contributed by atoms with Crippen LogP contribution >= 0.6 is 15.9 Å². The summed E-state index contributed by atoms with van der Waals surface area (Å²) in [6, 6.07) is 3.93. The summed E-state index contributed by atoms with van der Waals surface area (Å²) in [6.45, 7) is 3.91. The maximum Gasteiger partial charge on any atom is 0.384 e. The van der Waals surface area contributed by atoms with Crippen LogP contribution in [-0.4, -0.2) is 13.1 Å². The number of hydrogen-bond donors (Lipinski definition) is 0. The van der Waals surface area contributed by atoms with Crippen LogP contribution in [0.5, 0.6) is 0 Å². The Morgan fingerprint density at radius 2 is 1.87 bits per heavy atom. The fraction of sp³-hybridized carbons (Fsp3) is 0.250. The van der Waals surface area contributed by atoms with Gasteiger partial charge in [0.25, 0.3) is 0 Å². The number of hydrogen-bond acceptors (Lipinski definition) is 2. The number of ether oxygens (including phenoxy) is 1. The minimum Gasteiger partial charge on any atom is -0.459 e. The second-order valence-corrected chi connectivity index (χ2v) is 4.07. The predicted octanol–water partition coefficient (Wildman–Crippen LogP) is 2.59. The second-order valence-electron chi connectivity index (χ2n) is 3.16. The summed E-state index contributed by atoms with van der Waals surface area (Å²) in [4.78, 5) is 10.9. The van der Waals surface area contributed by atoms with Crippen molar-refractivity contribution in [3.05, 3.63) is 33.3 Å². The Kier molecular flexibility index (Phi) is 3.93.